The summed E-state index contributed by atoms with van der Waals surface area (Å²) in [6.45, 7) is 1.38. The molecular weight excluding hydrogens is 533 g/mol. The van der Waals surface area contributed by atoms with Gasteiger partial charge < -0.3 is 34.5 Å². The van der Waals surface area contributed by atoms with Crippen molar-refractivity contribution < 1.29 is 33.7 Å². The fourth-order valence-corrected chi connectivity index (χ4v) is 5.72. The van der Waals surface area contributed by atoms with Gasteiger partial charge in [0.2, 0.25) is 5.43 Å². The molecule has 1 aliphatic heterocycles. The highest BCUT2D eigenvalue weighted by Crippen LogP contribution is 2.42. The summed E-state index contributed by atoms with van der Waals surface area (Å²) in [5.41, 5.74) is 0.685. The van der Waals surface area contributed by atoms with Crippen LogP contribution in [0.3, 0.4) is 0 Å². The van der Waals surface area contributed by atoms with Gasteiger partial charge in [-0.1, -0.05) is 30.3 Å². The van der Waals surface area contributed by atoms with Crippen LogP contribution in [-0.4, -0.2) is 58.7 Å². The van der Waals surface area contributed by atoms with Gasteiger partial charge in [-0.3, -0.25) is 4.79 Å². The quantitative estimate of drug-likeness (QED) is 0.318. The van der Waals surface area contributed by atoms with Crippen LogP contribution in [0.2, 0.25) is 0 Å². The van der Waals surface area contributed by atoms with E-state index in [1.54, 1.807) is 16.4 Å². The molecule has 1 aliphatic carbocycles. The summed E-state index contributed by atoms with van der Waals surface area (Å²) in [6, 6.07) is 9.40. The number of nitrogens with one attached hydrogen (secondary N) is 1. The first-order valence-electron chi connectivity index (χ1n) is 13.9. The molecule has 2 fully saturated rings. The fraction of sp³-hybridized carbons (Fsp3) is 0.433. The lowest BCUT2D eigenvalue weighted by atomic mass is 10.0. The van der Waals surface area contributed by atoms with Gasteiger partial charge in [-0.25, -0.2) is 14.0 Å². The average Bonchev–Trinajstić information content (AvgIpc) is 3.75. The second kappa shape index (κ2) is 12.3. The van der Waals surface area contributed by atoms with Crippen molar-refractivity contribution in [3.8, 4) is 0 Å². The molecule has 2 atom stereocenters. The molecule has 2 unspecified atom stereocenters. The molecule has 0 spiro atoms. The van der Waals surface area contributed by atoms with E-state index in [1.165, 1.54) is 6.20 Å². The van der Waals surface area contributed by atoms with Crippen molar-refractivity contribution in [3.05, 3.63) is 75.3 Å². The van der Waals surface area contributed by atoms with E-state index in [0.29, 0.717) is 18.5 Å². The first-order valence-corrected chi connectivity index (χ1v) is 13.9. The molecule has 1 amide bonds. The minimum Gasteiger partial charge on any atom is -0.462 e. The van der Waals surface area contributed by atoms with E-state index in [2.05, 4.69) is 5.32 Å². The number of hydrogen-bond donors (Lipinski definition) is 3. The molecule has 10 nitrogen and oxygen atoms in total. The van der Waals surface area contributed by atoms with E-state index in [-0.39, 0.29) is 54.5 Å². The van der Waals surface area contributed by atoms with Crippen molar-refractivity contribution in [1.29, 1.82) is 0 Å². The summed E-state index contributed by atoms with van der Waals surface area (Å²) in [5.74, 6) is -1.52. The van der Waals surface area contributed by atoms with Crippen LogP contribution in [0.5, 0.6) is 0 Å². The molecule has 11 heteroatoms. The maximum absolute atomic E-state index is 15.9. The van der Waals surface area contributed by atoms with Crippen LogP contribution in [0.4, 0.5) is 14.9 Å². The number of pyridine rings is 1. The van der Waals surface area contributed by atoms with Crippen molar-refractivity contribution in [2.24, 2.45) is 0 Å². The number of ether oxygens (including phenoxy) is 2. The summed E-state index contributed by atoms with van der Waals surface area (Å²) < 4.78 is 28.1. The Labute approximate surface area is 236 Å². The Morgan fingerprint density at radius 1 is 1.12 bits per heavy atom. The first kappa shape index (κ1) is 28.6. The average molecular weight is 568 g/mol. The number of carbonyl (C=O) groups is 2. The molecule has 218 valence electrons. The number of benzene rings is 2. The van der Waals surface area contributed by atoms with Crippen molar-refractivity contribution in [1.82, 2.24) is 9.88 Å². The molecule has 0 bridgehead atoms. The van der Waals surface area contributed by atoms with Gasteiger partial charge in [0, 0.05) is 36.3 Å². The maximum atomic E-state index is 15.9. The number of amides is 1. The Balaban J connectivity index is 1.50. The molecule has 5 rings (SSSR count). The fourth-order valence-electron chi connectivity index (χ4n) is 5.72. The summed E-state index contributed by atoms with van der Waals surface area (Å²) in [5, 5.41) is 23.2. The number of carbonyl (C=O) groups excluding carboxylic acids is 2. The maximum Gasteiger partial charge on any atom is 0.407 e. The van der Waals surface area contributed by atoms with Gasteiger partial charge in [0.1, 0.15) is 18.0 Å². The van der Waals surface area contributed by atoms with Crippen LogP contribution in [0.1, 0.15) is 60.1 Å². The van der Waals surface area contributed by atoms with Gasteiger partial charge >= 0.3 is 12.1 Å². The third kappa shape index (κ3) is 5.77. The third-order valence-electron chi connectivity index (χ3n) is 7.71. The Bertz CT molecular complexity index is 1490. The molecule has 3 N–H and O–H groups in total. The molecular formula is C30H34FN3O7. The van der Waals surface area contributed by atoms with E-state index >= 15 is 4.39 Å². The zero-order chi connectivity index (χ0) is 29.1. The van der Waals surface area contributed by atoms with Gasteiger partial charge in [-0.05, 0) is 44.2 Å². The smallest absolute Gasteiger partial charge is 0.407 e. The molecule has 3 aromatic rings. The Kier molecular flexibility index (Phi) is 8.55. The van der Waals surface area contributed by atoms with Crippen LogP contribution in [0.25, 0.3) is 10.9 Å². The summed E-state index contributed by atoms with van der Waals surface area (Å²) in [7, 11) is 0. The summed E-state index contributed by atoms with van der Waals surface area (Å²) in [6.07, 6.45) is 3.12. The molecule has 2 aromatic carbocycles. The number of aromatic nitrogens is 1. The molecule has 1 saturated carbocycles. The number of fused-ring (bicyclic) bond motifs is 1. The van der Waals surface area contributed by atoms with Gasteiger partial charge in [0.25, 0.3) is 0 Å². The largest absolute Gasteiger partial charge is 0.462 e. The van der Waals surface area contributed by atoms with E-state index in [4.69, 9.17) is 9.47 Å². The highest BCUT2D eigenvalue weighted by atomic mass is 19.1. The monoisotopic (exact) mass is 567 g/mol. The van der Waals surface area contributed by atoms with Gasteiger partial charge in [0.15, 0.2) is 0 Å². The van der Waals surface area contributed by atoms with Crippen LogP contribution < -0.4 is 15.6 Å². The molecule has 1 saturated heterocycles. The molecule has 2 heterocycles. The normalized spacial score (nSPS) is 18.5. The zero-order valence-electron chi connectivity index (χ0n) is 22.8. The van der Waals surface area contributed by atoms with Crippen molar-refractivity contribution in [3.63, 3.8) is 0 Å². The van der Waals surface area contributed by atoms with Crippen LogP contribution >= 0.6 is 0 Å². The number of alkyl carbamates (subject to hydrolysis) is 1. The number of aliphatic hydroxyl groups is 2. The molecule has 1 aromatic heterocycles. The number of halogens is 1. The predicted molar refractivity (Wildman–Crippen MR) is 149 cm³/mol. The minimum absolute atomic E-state index is 0.00416. The lowest BCUT2D eigenvalue weighted by molar-refractivity contribution is 0.0524. The highest BCUT2D eigenvalue weighted by Gasteiger charge is 2.39. The SMILES string of the molecule is CCOC(=O)c1cn(C2CC2)c2c(CO)c(N3CCC(NC(=O)OCc4ccccc4)C3CCO)c(F)cc2c1=O. The van der Waals surface area contributed by atoms with Gasteiger partial charge in [-0.2, -0.15) is 0 Å². The Morgan fingerprint density at radius 2 is 1.88 bits per heavy atom. The molecule has 41 heavy (non-hydrogen) atoms. The minimum atomic E-state index is -0.778. The number of esters is 1. The topological polar surface area (TPSA) is 130 Å². The summed E-state index contributed by atoms with van der Waals surface area (Å²) >= 11 is 0. The zero-order valence-corrected chi connectivity index (χ0v) is 22.8. The van der Waals surface area contributed by atoms with Crippen molar-refractivity contribution in [2.75, 3.05) is 24.7 Å². The molecule has 0 radical (unpaired) electrons. The Hall–Kier alpha value is -3.96. The van der Waals surface area contributed by atoms with Crippen molar-refractivity contribution in [2.45, 2.75) is 63.9 Å². The van der Waals surface area contributed by atoms with Gasteiger partial charge in [0.05, 0.1) is 36.5 Å². The van der Waals surface area contributed by atoms with Gasteiger partial charge in [-0.15, -0.1) is 0 Å². The van der Waals surface area contributed by atoms with E-state index in [9.17, 15) is 24.6 Å². The second-order valence-electron chi connectivity index (χ2n) is 10.3. The summed E-state index contributed by atoms with van der Waals surface area (Å²) in [4.78, 5) is 40.2. The number of anilines is 1. The van der Waals surface area contributed by atoms with E-state index in [0.717, 1.165) is 24.5 Å². The highest BCUT2D eigenvalue weighted by molar-refractivity contribution is 5.96. The molecule has 2 aliphatic rings. The van der Waals surface area contributed by atoms with Crippen LogP contribution in [0.15, 0.2) is 47.4 Å². The Morgan fingerprint density at radius 3 is 2.54 bits per heavy atom. The number of hydrogen-bond acceptors (Lipinski definition) is 8. The van der Waals surface area contributed by atoms with Crippen molar-refractivity contribution >= 4 is 28.7 Å². The third-order valence-corrected chi connectivity index (χ3v) is 7.71. The lowest BCUT2D eigenvalue weighted by Crippen LogP contribution is -2.46. The van der Waals surface area contributed by atoms with Crippen LogP contribution in [-0.2, 0) is 22.7 Å². The predicted octanol–water partition coefficient (Wildman–Crippen LogP) is 3.40. The van der Waals surface area contributed by atoms with E-state index in [1.807, 2.05) is 30.3 Å². The van der Waals surface area contributed by atoms with Crippen LogP contribution in [0, 0.1) is 5.82 Å². The second-order valence-corrected chi connectivity index (χ2v) is 10.3. The number of aliphatic hydroxyl groups excluding tert-OH is 2. The lowest BCUT2D eigenvalue weighted by Gasteiger charge is -2.32. The van der Waals surface area contributed by atoms with E-state index < -0.39 is 42.0 Å². The number of nitrogens with zero attached hydrogens (tertiary/aromatic N) is 2. The number of rotatable bonds is 10. The first-order chi connectivity index (χ1) is 19.9. The standard InChI is InChI=1S/C30H34FN3O7/c1-2-40-29(38)21-15-34(19-8-9-19)26-20(28(21)37)14-23(31)27(22(26)16-36)33-12-10-24(25(33)11-13-35)32-30(39)41-17-18-6-4-3-5-7-18/h3-7,14-15,19,24-25,35-36H,2,8-13,16-17H2,1H3,(H,32,39).